The second kappa shape index (κ2) is 10.8. The van der Waals surface area contributed by atoms with Crippen LogP contribution in [0, 0.1) is 0 Å². The quantitative estimate of drug-likeness (QED) is 0.283. The van der Waals surface area contributed by atoms with Crippen molar-refractivity contribution in [3.63, 3.8) is 0 Å². The van der Waals surface area contributed by atoms with Gasteiger partial charge in [0, 0.05) is 17.1 Å². The van der Waals surface area contributed by atoms with E-state index in [4.69, 9.17) is 25.5 Å². The molecule has 0 fully saturated rings. The molecule has 0 radical (unpaired) electrons. The molecule has 182 valence electrons. The Labute approximate surface area is 209 Å². The first-order chi connectivity index (χ1) is 16.9. The third-order valence-corrected chi connectivity index (χ3v) is 7.18. The predicted octanol–water partition coefficient (Wildman–Crippen LogP) is 5.89. The standard InChI is InChI=1S/C26H25ClN2O5S/c1-3-33-22-12-6-19(7-13-22)24-29-26(35(30,31)23-14-8-20(27)9-15-23)25(34-24)28-17-16-18-4-10-21(32-2)11-5-18/h4-15,28H,3,16-17H2,1-2H3. The third kappa shape index (κ3) is 5.78. The van der Waals surface area contributed by atoms with Crippen LogP contribution in [0.25, 0.3) is 11.5 Å². The molecule has 7 nitrogen and oxygen atoms in total. The normalized spacial score (nSPS) is 11.3. The van der Waals surface area contributed by atoms with E-state index in [0.29, 0.717) is 35.9 Å². The zero-order valence-corrected chi connectivity index (χ0v) is 20.9. The Kier molecular flexibility index (Phi) is 7.63. The van der Waals surface area contributed by atoms with Crippen molar-refractivity contribution in [3.8, 4) is 23.0 Å². The zero-order valence-electron chi connectivity index (χ0n) is 19.3. The lowest BCUT2D eigenvalue weighted by Gasteiger charge is -2.07. The van der Waals surface area contributed by atoms with Gasteiger partial charge >= 0.3 is 0 Å². The molecule has 9 heteroatoms. The van der Waals surface area contributed by atoms with Crippen molar-refractivity contribution in [2.45, 2.75) is 23.3 Å². The molecule has 4 aromatic rings. The summed E-state index contributed by atoms with van der Waals surface area (Å²) in [4.78, 5) is 4.44. The fourth-order valence-electron chi connectivity index (χ4n) is 3.42. The number of methoxy groups -OCH3 is 1. The highest BCUT2D eigenvalue weighted by molar-refractivity contribution is 7.91. The van der Waals surface area contributed by atoms with Gasteiger partial charge in [-0.05, 0) is 79.6 Å². The smallest absolute Gasteiger partial charge is 0.233 e. The number of halogens is 1. The van der Waals surface area contributed by atoms with Crippen molar-refractivity contribution in [2.24, 2.45) is 0 Å². The van der Waals surface area contributed by atoms with Crippen molar-refractivity contribution < 1.29 is 22.3 Å². The van der Waals surface area contributed by atoms with E-state index in [0.717, 1.165) is 11.3 Å². The summed E-state index contributed by atoms with van der Waals surface area (Å²) >= 11 is 5.94. The van der Waals surface area contributed by atoms with Crippen molar-refractivity contribution in [1.29, 1.82) is 0 Å². The number of oxazole rings is 1. The molecule has 4 rings (SSSR count). The molecule has 0 unspecified atom stereocenters. The van der Waals surface area contributed by atoms with Gasteiger partial charge in [0.05, 0.1) is 18.6 Å². The fraction of sp³-hybridized carbons (Fsp3) is 0.192. The first kappa shape index (κ1) is 24.6. The van der Waals surface area contributed by atoms with Crippen LogP contribution in [0.4, 0.5) is 5.88 Å². The van der Waals surface area contributed by atoms with Gasteiger partial charge in [0.1, 0.15) is 11.5 Å². The summed E-state index contributed by atoms with van der Waals surface area (Å²) in [5, 5.41) is 3.37. The third-order valence-electron chi connectivity index (χ3n) is 5.25. The minimum atomic E-state index is -3.96. The van der Waals surface area contributed by atoms with E-state index < -0.39 is 9.84 Å². The highest BCUT2D eigenvalue weighted by Gasteiger charge is 2.28. The largest absolute Gasteiger partial charge is 0.497 e. The Hall–Kier alpha value is -3.49. The maximum Gasteiger partial charge on any atom is 0.233 e. The number of hydrogen-bond donors (Lipinski definition) is 1. The highest BCUT2D eigenvalue weighted by Crippen LogP contribution is 2.33. The fourth-order valence-corrected chi connectivity index (χ4v) is 4.83. The molecule has 0 amide bonds. The summed E-state index contributed by atoms with van der Waals surface area (Å²) in [7, 11) is -2.35. The van der Waals surface area contributed by atoms with Gasteiger partial charge in [0.25, 0.3) is 0 Å². The number of hydrogen-bond acceptors (Lipinski definition) is 7. The lowest BCUT2D eigenvalue weighted by molar-refractivity contribution is 0.340. The number of ether oxygens (including phenoxy) is 2. The highest BCUT2D eigenvalue weighted by atomic mass is 35.5. The summed E-state index contributed by atoms with van der Waals surface area (Å²) in [6.45, 7) is 2.89. The Morgan fingerprint density at radius 1 is 0.943 bits per heavy atom. The van der Waals surface area contributed by atoms with Crippen LogP contribution < -0.4 is 14.8 Å². The van der Waals surface area contributed by atoms with Gasteiger partial charge in [-0.25, -0.2) is 8.42 Å². The molecule has 0 aliphatic heterocycles. The van der Waals surface area contributed by atoms with E-state index in [2.05, 4.69) is 10.3 Å². The maximum atomic E-state index is 13.4. The molecule has 0 bridgehead atoms. The second-order valence-electron chi connectivity index (χ2n) is 7.59. The van der Waals surface area contributed by atoms with Gasteiger partial charge in [-0.15, -0.1) is 0 Å². The number of nitrogens with zero attached hydrogens (tertiary/aromatic N) is 1. The molecule has 1 N–H and O–H groups in total. The molecule has 0 aliphatic carbocycles. The van der Waals surface area contributed by atoms with Crippen molar-refractivity contribution >= 4 is 27.3 Å². The minimum Gasteiger partial charge on any atom is -0.497 e. The van der Waals surface area contributed by atoms with Gasteiger partial charge in [0.15, 0.2) is 0 Å². The van der Waals surface area contributed by atoms with Crippen molar-refractivity contribution in [1.82, 2.24) is 4.98 Å². The number of sulfone groups is 1. The molecular formula is C26H25ClN2O5S. The van der Waals surface area contributed by atoms with Crippen molar-refractivity contribution in [3.05, 3.63) is 83.4 Å². The average molecular weight is 513 g/mol. The van der Waals surface area contributed by atoms with E-state index in [-0.39, 0.29) is 21.7 Å². The SMILES string of the molecule is CCOc1ccc(-c2nc(S(=O)(=O)c3ccc(Cl)cc3)c(NCCc3ccc(OC)cc3)o2)cc1. The first-order valence-corrected chi connectivity index (χ1v) is 12.9. The first-order valence-electron chi connectivity index (χ1n) is 11.0. The van der Waals surface area contributed by atoms with Crippen LogP contribution in [0.3, 0.4) is 0 Å². The van der Waals surface area contributed by atoms with Gasteiger partial charge in [-0.3, -0.25) is 0 Å². The molecule has 0 spiro atoms. The monoisotopic (exact) mass is 512 g/mol. The van der Waals surface area contributed by atoms with Crippen LogP contribution in [0.2, 0.25) is 5.02 Å². The van der Waals surface area contributed by atoms with Gasteiger partial charge in [-0.2, -0.15) is 4.98 Å². The molecule has 1 heterocycles. The zero-order chi connectivity index (χ0) is 24.8. The van der Waals surface area contributed by atoms with Crippen LogP contribution in [0.1, 0.15) is 12.5 Å². The van der Waals surface area contributed by atoms with E-state index in [1.807, 2.05) is 31.2 Å². The number of benzene rings is 3. The number of nitrogens with one attached hydrogen (secondary N) is 1. The van der Waals surface area contributed by atoms with E-state index in [1.165, 1.54) is 24.3 Å². The number of rotatable bonds is 10. The van der Waals surface area contributed by atoms with Gasteiger partial charge in [0.2, 0.25) is 26.6 Å². The van der Waals surface area contributed by atoms with Crippen molar-refractivity contribution in [2.75, 3.05) is 25.6 Å². The Morgan fingerprint density at radius 3 is 2.23 bits per heavy atom. The minimum absolute atomic E-state index is 0.0756. The number of aromatic nitrogens is 1. The number of anilines is 1. The topological polar surface area (TPSA) is 90.7 Å². The van der Waals surface area contributed by atoms with Crippen LogP contribution in [-0.2, 0) is 16.3 Å². The summed E-state index contributed by atoms with van der Waals surface area (Å²) in [6.07, 6.45) is 0.642. The van der Waals surface area contributed by atoms with Gasteiger partial charge in [-0.1, -0.05) is 23.7 Å². The molecule has 0 saturated heterocycles. The van der Waals surface area contributed by atoms with Crippen LogP contribution in [0.5, 0.6) is 11.5 Å². The lowest BCUT2D eigenvalue weighted by atomic mass is 10.1. The maximum absolute atomic E-state index is 13.4. The second-order valence-corrected chi connectivity index (χ2v) is 9.89. The van der Waals surface area contributed by atoms with Crippen LogP contribution >= 0.6 is 11.6 Å². The lowest BCUT2D eigenvalue weighted by Crippen LogP contribution is -2.09. The molecule has 0 saturated carbocycles. The Balaban J connectivity index is 1.63. The van der Waals surface area contributed by atoms with E-state index in [1.54, 1.807) is 31.4 Å². The summed E-state index contributed by atoms with van der Waals surface area (Å²) < 4.78 is 43.4. The molecule has 35 heavy (non-hydrogen) atoms. The molecule has 0 aliphatic rings. The van der Waals surface area contributed by atoms with Crippen LogP contribution in [0.15, 0.2) is 87.1 Å². The summed E-state index contributed by atoms with van der Waals surface area (Å²) in [5.74, 6) is 1.74. The molecular weight excluding hydrogens is 488 g/mol. The van der Waals surface area contributed by atoms with Gasteiger partial charge < -0.3 is 19.2 Å². The summed E-state index contributed by atoms with van der Waals surface area (Å²) in [6, 6.07) is 20.7. The Bertz CT molecular complexity index is 1370. The predicted molar refractivity (Wildman–Crippen MR) is 135 cm³/mol. The average Bonchev–Trinajstić information content (AvgIpc) is 3.30. The molecule has 3 aromatic carbocycles. The van der Waals surface area contributed by atoms with Crippen LogP contribution in [-0.4, -0.2) is 33.7 Å². The summed E-state index contributed by atoms with van der Waals surface area (Å²) in [5.41, 5.74) is 1.69. The Morgan fingerprint density at radius 2 is 1.60 bits per heavy atom. The molecule has 0 atom stereocenters. The van der Waals surface area contributed by atoms with E-state index >= 15 is 0 Å². The molecule has 1 aromatic heterocycles. The van der Waals surface area contributed by atoms with E-state index in [9.17, 15) is 8.42 Å².